The molecule has 0 amide bonds. The lowest BCUT2D eigenvalue weighted by Crippen LogP contribution is -2.21. The summed E-state index contributed by atoms with van der Waals surface area (Å²) in [4.78, 5) is 29.8. The quantitative estimate of drug-likeness (QED) is 0.104. The predicted octanol–water partition coefficient (Wildman–Crippen LogP) is 7.18. The van der Waals surface area contributed by atoms with Gasteiger partial charge in [-0.25, -0.2) is 4.98 Å². The zero-order chi connectivity index (χ0) is 30.7. The number of aryl methyl sites for hydroxylation is 2. The summed E-state index contributed by atoms with van der Waals surface area (Å²) in [5, 5.41) is 16.6. The summed E-state index contributed by atoms with van der Waals surface area (Å²) in [7, 11) is 1.63. The number of aromatic nitrogens is 2. The highest BCUT2D eigenvalue weighted by Crippen LogP contribution is 2.34. The lowest BCUT2D eigenvalue weighted by Gasteiger charge is -2.17. The number of hydrogen-bond acceptors (Lipinski definition) is 7. The molecule has 9 nitrogen and oxygen atoms in total. The van der Waals surface area contributed by atoms with E-state index < -0.39 is 4.92 Å². The van der Waals surface area contributed by atoms with Crippen LogP contribution >= 0.6 is 0 Å². The van der Waals surface area contributed by atoms with Crippen molar-refractivity contribution < 1.29 is 14.4 Å². The van der Waals surface area contributed by atoms with Crippen LogP contribution in [0.4, 0.5) is 5.69 Å². The van der Waals surface area contributed by atoms with Crippen LogP contribution in [0, 0.1) is 24.0 Å². The summed E-state index contributed by atoms with van der Waals surface area (Å²) in [6, 6.07) is 23.2. The van der Waals surface area contributed by atoms with Crippen LogP contribution in [0.1, 0.15) is 47.6 Å². The number of benzene rings is 4. The molecule has 9 heteroatoms. The van der Waals surface area contributed by atoms with Crippen LogP contribution in [0.2, 0.25) is 0 Å². The molecule has 0 aliphatic carbocycles. The molecule has 0 unspecified atom stereocenters. The minimum atomic E-state index is -0.481. The highest BCUT2D eigenvalue weighted by molar-refractivity contribution is 5.85. The molecule has 0 aliphatic heterocycles. The van der Waals surface area contributed by atoms with E-state index in [1.54, 1.807) is 31.4 Å². The Bertz CT molecular complexity index is 1930. The van der Waals surface area contributed by atoms with E-state index in [-0.39, 0.29) is 23.8 Å². The van der Waals surface area contributed by atoms with E-state index in [0.29, 0.717) is 28.0 Å². The molecule has 0 spiro atoms. The summed E-state index contributed by atoms with van der Waals surface area (Å²) in [5.41, 5.74) is 4.98. The molecule has 0 N–H and O–H groups in total. The molecule has 0 fully saturated rings. The van der Waals surface area contributed by atoms with E-state index in [4.69, 9.17) is 14.5 Å². The smallest absolute Gasteiger partial charge is 0.282 e. The third-order valence-corrected chi connectivity index (χ3v) is 7.19. The van der Waals surface area contributed by atoms with Gasteiger partial charge in [0.05, 0.1) is 29.2 Å². The van der Waals surface area contributed by atoms with Gasteiger partial charge in [-0.05, 0) is 66.8 Å². The maximum Gasteiger partial charge on any atom is 0.282 e. The van der Waals surface area contributed by atoms with Crippen molar-refractivity contribution in [3.05, 3.63) is 127 Å². The second-order valence-electron chi connectivity index (χ2n) is 10.6. The van der Waals surface area contributed by atoms with Crippen LogP contribution in [0.3, 0.4) is 0 Å². The minimum absolute atomic E-state index is 0.124. The van der Waals surface area contributed by atoms with Gasteiger partial charge < -0.3 is 9.47 Å². The van der Waals surface area contributed by atoms with Crippen LogP contribution in [0.15, 0.2) is 88.8 Å². The summed E-state index contributed by atoms with van der Waals surface area (Å²) >= 11 is 0. The van der Waals surface area contributed by atoms with Gasteiger partial charge in [-0.1, -0.05) is 55.8 Å². The first-order valence-corrected chi connectivity index (χ1v) is 13.9. The molecule has 1 aromatic heterocycles. The maximum atomic E-state index is 13.8. The number of para-hydroxylation sites is 1. The summed E-state index contributed by atoms with van der Waals surface area (Å²) in [6.07, 6.45) is 1.40. The monoisotopic (exact) mass is 576 g/mol. The lowest BCUT2D eigenvalue weighted by molar-refractivity contribution is -0.384. The number of nitro groups is 1. The van der Waals surface area contributed by atoms with Crippen LogP contribution in [-0.4, -0.2) is 27.9 Å². The third-order valence-electron chi connectivity index (χ3n) is 7.19. The Kier molecular flexibility index (Phi) is 8.34. The number of fused-ring (bicyclic) bond motifs is 1. The first-order valence-electron chi connectivity index (χ1n) is 13.9. The Morgan fingerprint density at radius 2 is 1.79 bits per heavy atom. The Labute approximate surface area is 249 Å². The van der Waals surface area contributed by atoms with Crippen molar-refractivity contribution in [2.45, 2.75) is 40.2 Å². The van der Waals surface area contributed by atoms with E-state index in [2.05, 4.69) is 18.9 Å². The average Bonchev–Trinajstić information content (AvgIpc) is 2.99. The molecule has 0 aliphatic rings. The fourth-order valence-electron chi connectivity index (χ4n) is 4.94. The second-order valence-corrected chi connectivity index (χ2v) is 10.6. The van der Waals surface area contributed by atoms with Gasteiger partial charge in [0.1, 0.15) is 18.1 Å². The molecule has 0 saturated heterocycles. The fraction of sp³-hybridized carbons (Fsp3) is 0.206. The van der Waals surface area contributed by atoms with Gasteiger partial charge in [-0.15, -0.1) is 0 Å². The van der Waals surface area contributed by atoms with Crippen molar-refractivity contribution in [3.63, 3.8) is 0 Å². The highest BCUT2D eigenvalue weighted by Gasteiger charge is 2.19. The summed E-state index contributed by atoms with van der Waals surface area (Å²) < 4.78 is 12.9. The Balaban J connectivity index is 1.66. The van der Waals surface area contributed by atoms with Crippen molar-refractivity contribution in [3.8, 4) is 22.9 Å². The number of nitrogens with zero attached hydrogens (tertiary/aromatic N) is 4. The summed E-state index contributed by atoms with van der Waals surface area (Å²) in [6.45, 7) is 8.31. The molecule has 1 heterocycles. The van der Waals surface area contributed by atoms with Crippen molar-refractivity contribution in [1.82, 2.24) is 9.66 Å². The maximum absolute atomic E-state index is 13.8. The molecule has 0 saturated carbocycles. The Morgan fingerprint density at radius 1 is 1.00 bits per heavy atom. The Hall–Kier alpha value is -5.31. The topological polar surface area (TPSA) is 109 Å². The molecular weight excluding hydrogens is 544 g/mol. The number of rotatable bonds is 9. The van der Waals surface area contributed by atoms with Crippen LogP contribution in [0.25, 0.3) is 22.3 Å². The van der Waals surface area contributed by atoms with Crippen molar-refractivity contribution >= 4 is 22.8 Å². The number of non-ortho nitro benzene ring substituents is 1. The first-order chi connectivity index (χ1) is 20.7. The third kappa shape index (κ3) is 6.16. The standard InChI is InChI=1S/C34H32N4O5/c1-21(2)28-18-29(23(4)16-32(28)42-5)33-36-30-12-7-6-11-27(30)34(39)37(33)35-19-25-17-26(38(40)41)13-14-31(25)43-20-24-10-8-9-22(3)15-24/h6-19,21H,20H2,1-5H3. The number of ether oxygens (including phenoxy) is 2. The van der Waals surface area contributed by atoms with Gasteiger partial charge >= 0.3 is 0 Å². The molecule has 218 valence electrons. The van der Waals surface area contributed by atoms with Gasteiger partial charge in [0.25, 0.3) is 11.2 Å². The van der Waals surface area contributed by atoms with Gasteiger partial charge in [0.2, 0.25) is 0 Å². The average molecular weight is 577 g/mol. The van der Waals surface area contributed by atoms with Gasteiger partial charge in [-0.3, -0.25) is 14.9 Å². The SMILES string of the molecule is COc1cc(C)c(-c2nc3ccccc3c(=O)n2N=Cc2cc([N+](=O)[O-])ccc2OCc2cccc(C)c2)cc1C(C)C. The molecule has 43 heavy (non-hydrogen) atoms. The van der Waals surface area contributed by atoms with E-state index in [9.17, 15) is 14.9 Å². The van der Waals surface area contributed by atoms with Crippen LogP contribution in [0.5, 0.6) is 11.5 Å². The number of nitro benzene ring substituents is 1. The molecule has 0 radical (unpaired) electrons. The molecule has 0 bridgehead atoms. The van der Waals surface area contributed by atoms with Crippen molar-refractivity contribution in [2.24, 2.45) is 5.10 Å². The van der Waals surface area contributed by atoms with Crippen molar-refractivity contribution in [2.75, 3.05) is 7.11 Å². The van der Waals surface area contributed by atoms with Gasteiger partial charge in [0, 0.05) is 23.3 Å². The minimum Gasteiger partial charge on any atom is -0.496 e. The van der Waals surface area contributed by atoms with E-state index in [1.807, 2.05) is 56.3 Å². The number of methoxy groups -OCH3 is 1. The molecule has 4 aromatic carbocycles. The largest absolute Gasteiger partial charge is 0.496 e. The zero-order valence-electron chi connectivity index (χ0n) is 24.7. The second kappa shape index (κ2) is 12.3. The normalized spacial score (nSPS) is 11.4. The van der Waals surface area contributed by atoms with E-state index in [1.165, 1.54) is 23.0 Å². The van der Waals surface area contributed by atoms with Crippen molar-refractivity contribution in [1.29, 1.82) is 0 Å². The Morgan fingerprint density at radius 3 is 2.51 bits per heavy atom. The van der Waals surface area contributed by atoms with Crippen LogP contribution in [-0.2, 0) is 6.61 Å². The highest BCUT2D eigenvalue weighted by atomic mass is 16.6. The van der Waals surface area contributed by atoms with Gasteiger partial charge in [-0.2, -0.15) is 9.78 Å². The van der Waals surface area contributed by atoms with E-state index >= 15 is 0 Å². The molecular formula is C34H32N4O5. The lowest BCUT2D eigenvalue weighted by atomic mass is 9.96. The van der Waals surface area contributed by atoms with Crippen LogP contribution < -0.4 is 15.0 Å². The fourth-order valence-corrected chi connectivity index (χ4v) is 4.94. The molecule has 0 atom stereocenters. The predicted molar refractivity (Wildman–Crippen MR) is 168 cm³/mol. The molecule has 5 aromatic rings. The van der Waals surface area contributed by atoms with Gasteiger partial charge in [0.15, 0.2) is 5.82 Å². The molecule has 5 rings (SSSR count). The summed E-state index contributed by atoms with van der Waals surface area (Å²) in [5.74, 6) is 1.63. The number of hydrogen-bond donors (Lipinski definition) is 0. The van der Waals surface area contributed by atoms with E-state index in [0.717, 1.165) is 33.6 Å². The first kappa shape index (κ1) is 29.2. The zero-order valence-corrected chi connectivity index (χ0v) is 24.7.